The predicted octanol–water partition coefficient (Wildman–Crippen LogP) is 0.384. The fourth-order valence-corrected chi connectivity index (χ4v) is 1.98. The third kappa shape index (κ3) is 2.13. The van der Waals surface area contributed by atoms with Gasteiger partial charge in [-0.3, -0.25) is 4.79 Å². The van der Waals surface area contributed by atoms with Gasteiger partial charge < -0.3 is 10.0 Å². The summed E-state index contributed by atoms with van der Waals surface area (Å²) >= 11 is 5.87. The van der Waals surface area contributed by atoms with Gasteiger partial charge in [0.05, 0.1) is 18.0 Å². The van der Waals surface area contributed by atoms with Crippen LogP contribution in [0.5, 0.6) is 0 Å². The molecule has 0 amide bonds. The number of rotatable bonds is 1. The van der Waals surface area contributed by atoms with Crippen LogP contribution in [0.4, 0.5) is 5.69 Å². The summed E-state index contributed by atoms with van der Waals surface area (Å²) in [5.41, 5.74) is 0.202. The van der Waals surface area contributed by atoms with E-state index in [2.05, 4.69) is 10.2 Å². The number of β-amino-alcohol motifs (C(OH)–C–C–N with tert-alkyl or cyclic N) is 1. The Balaban J connectivity index is 2.28. The number of nitrogens with one attached hydrogen (secondary N) is 1. The van der Waals surface area contributed by atoms with E-state index in [1.807, 2.05) is 4.90 Å². The fraction of sp³-hybridized carbons (Fsp3) is 0.556. The largest absolute Gasteiger partial charge is 0.391 e. The van der Waals surface area contributed by atoms with Crippen LogP contribution in [-0.4, -0.2) is 34.5 Å². The lowest BCUT2D eigenvalue weighted by Gasteiger charge is -2.31. The van der Waals surface area contributed by atoms with Gasteiger partial charge in [-0.05, 0) is 12.8 Å². The van der Waals surface area contributed by atoms with Crippen molar-refractivity contribution in [1.82, 2.24) is 10.2 Å². The number of hydrogen-bond acceptors (Lipinski definition) is 4. The van der Waals surface area contributed by atoms with Crippen LogP contribution in [0.3, 0.4) is 0 Å². The Morgan fingerprint density at radius 3 is 3.20 bits per heavy atom. The van der Waals surface area contributed by atoms with Gasteiger partial charge in [-0.25, -0.2) is 5.10 Å². The molecule has 2 rings (SSSR count). The normalized spacial score (nSPS) is 21.7. The summed E-state index contributed by atoms with van der Waals surface area (Å²) < 4.78 is 0. The molecular formula is C9H12ClN3O2. The molecule has 0 bridgehead atoms. The molecule has 1 fully saturated rings. The average molecular weight is 230 g/mol. The first-order valence-corrected chi connectivity index (χ1v) is 5.22. The molecule has 1 aliphatic heterocycles. The minimum atomic E-state index is -0.394. The van der Waals surface area contributed by atoms with Gasteiger partial charge in [0.15, 0.2) is 0 Å². The van der Waals surface area contributed by atoms with E-state index >= 15 is 0 Å². The highest BCUT2D eigenvalue weighted by molar-refractivity contribution is 6.32. The summed E-state index contributed by atoms with van der Waals surface area (Å²) in [5.74, 6) is 0. The minimum absolute atomic E-state index is 0.138. The number of aromatic nitrogens is 2. The zero-order valence-electron chi connectivity index (χ0n) is 8.11. The smallest absolute Gasteiger partial charge is 0.285 e. The Labute approximate surface area is 91.7 Å². The number of anilines is 1. The standard InChI is InChI=1S/C9H12ClN3O2/c10-8-7(4-11-12-9(8)15)13-3-1-2-6(14)5-13/h4,6,14H,1-3,5H2,(H,12,15)/t6-/m1/s1. The number of halogens is 1. The van der Waals surface area contributed by atoms with E-state index in [1.165, 1.54) is 6.20 Å². The third-order valence-corrected chi connectivity index (χ3v) is 2.88. The Kier molecular flexibility index (Phi) is 2.93. The predicted molar refractivity (Wildman–Crippen MR) is 57.3 cm³/mol. The number of nitrogens with zero attached hydrogens (tertiary/aromatic N) is 2. The maximum Gasteiger partial charge on any atom is 0.285 e. The summed E-state index contributed by atoms with van der Waals surface area (Å²) in [6, 6.07) is 0. The van der Waals surface area contributed by atoms with E-state index in [1.54, 1.807) is 0 Å². The first-order chi connectivity index (χ1) is 7.18. The molecule has 1 aliphatic rings. The molecule has 2 N–H and O–H groups in total. The second kappa shape index (κ2) is 4.20. The maximum absolute atomic E-state index is 11.2. The van der Waals surface area contributed by atoms with E-state index in [4.69, 9.17) is 11.6 Å². The second-order valence-electron chi connectivity index (χ2n) is 3.64. The molecule has 0 aromatic carbocycles. The van der Waals surface area contributed by atoms with Gasteiger partial charge in [-0.1, -0.05) is 11.6 Å². The Morgan fingerprint density at radius 2 is 2.47 bits per heavy atom. The summed E-state index contributed by atoms with van der Waals surface area (Å²) in [5, 5.41) is 15.6. The molecule has 2 heterocycles. The van der Waals surface area contributed by atoms with Crippen LogP contribution < -0.4 is 10.5 Å². The number of aromatic amines is 1. The van der Waals surface area contributed by atoms with Crippen molar-refractivity contribution in [2.75, 3.05) is 18.0 Å². The zero-order valence-corrected chi connectivity index (χ0v) is 8.87. The summed E-state index contributed by atoms with van der Waals surface area (Å²) in [6.07, 6.45) is 2.85. The van der Waals surface area contributed by atoms with E-state index in [0.29, 0.717) is 12.2 Å². The molecule has 82 valence electrons. The van der Waals surface area contributed by atoms with Crippen molar-refractivity contribution in [3.05, 3.63) is 21.6 Å². The molecule has 6 heteroatoms. The molecule has 0 radical (unpaired) electrons. The van der Waals surface area contributed by atoms with E-state index < -0.39 is 5.56 Å². The molecule has 0 spiro atoms. The highest BCUT2D eigenvalue weighted by atomic mass is 35.5. The number of hydrogen-bond donors (Lipinski definition) is 2. The lowest BCUT2D eigenvalue weighted by Crippen LogP contribution is -2.39. The highest BCUT2D eigenvalue weighted by Gasteiger charge is 2.20. The van der Waals surface area contributed by atoms with Gasteiger partial charge in [0.25, 0.3) is 5.56 Å². The van der Waals surface area contributed by atoms with E-state index in [-0.39, 0.29) is 11.1 Å². The molecule has 1 atom stereocenters. The van der Waals surface area contributed by atoms with Crippen molar-refractivity contribution in [3.8, 4) is 0 Å². The number of aliphatic hydroxyl groups excluding tert-OH is 1. The van der Waals surface area contributed by atoms with Gasteiger partial charge >= 0.3 is 0 Å². The molecule has 15 heavy (non-hydrogen) atoms. The minimum Gasteiger partial charge on any atom is -0.391 e. The van der Waals surface area contributed by atoms with Crippen LogP contribution in [0.1, 0.15) is 12.8 Å². The number of piperidine rings is 1. The zero-order chi connectivity index (χ0) is 10.8. The number of aliphatic hydroxyl groups is 1. The third-order valence-electron chi connectivity index (χ3n) is 2.51. The molecule has 5 nitrogen and oxygen atoms in total. The van der Waals surface area contributed by atoms with Gasteiger partial charge in [0.1, 0.15) is 5.02 Å². The summed E-state index contributed by atoms with van der Waals surface area (Å²) in [7, 11) is 0. The van der Waals surface area contributed by atoms with Crippen LogP contribution >= 0.6 is 11.6 Å². The molecule has 0 saturated carbocycles. The van der Waals surface area contributed by atoms with Crippen molar-refractivity contribution < 1.29 is 5.11 Å². The van der Waals surface area contributed by atoms with Gasteiger partial charge in [-0.2, -0.15) is 5.10 Å². The van der Waals surface area contributed by atoms with Crippen molar-refractivity contribution in [2.24, 2.45) is 0 Å². The Bertz CT molecular complexity index is 407. The van der Waals surface area contributed by atoms with Crippen LogP contribution in [0.15, 0.2) is 11.0 Å². The topological polar surface area (TPSA) is 69.2 Å². The van der Waals surface area contributed by atoms with Crippen molar-refractivity contribution in [3.63, 3.8) is 0 Å². The molecular weight excluding hydrogens is 218 g/mol. The number of H-pyrrole nitrogens is 1. The van der Waals surface area contributed by atoms with Crippen molar-refractivity contribution in [2.45, 2.75) is 18.9 Å². The first-order valence-electron chi connectivity index (χ1n) is 4.84. The Hall–Kier alpha value is -1.07. The van der Waals surface area contributed by atoms with Gasteiger partial charge in [0, 0.05) is 13.1 Å². The molecule has 1 aromatic heterocycles. The van der Waals surface area contributed by atoms with Crippen molar-refractivity contribution >= 4 is 17.3 Å². The summed E-state index contributed by atoms with van der Waals surface area (Å²) in [4.78, 5) is 13.1. The van der Waals surface area contributed by atoms with Crippen molar-refractivity contribution in [1.29, 1.82) is 0 Å². The molecule has 1 aromatic rings. The van der Waals surface area contributed by atoms with Crippen LogP contribution in [0, 0.1) is 0 Å². The monoisotopic (exact) mass is 229 g/mol. The summed E-state index contributed by atoms with van der Waals surface area (Å²) in [6.45, 7) is 1.30. The Morgan fingerprint density at radius 1 is 1.67 bits per heavy atom. The lowest BCUT2D eigenvalue weighted by atomic mass is 10.1. The van der Waals surface area contributed by atoms with Crippen LogP contribution in [-0.2, 0) is 0 Å². The second-order valence-corrected chi connectivity index (χ2v) is 4.02. The maximum atomic E-state index is 11.2. The van der Waals surface area contributed by atoms with E-state index in [0.717, 1.165) is 19.4 Å². The van der Waals surface area contributed by atoms with Crippen LogP contribution in [0.2, 0.25) is 5.02 Å². The van der Waals surface area contributed by atoms with Crippen LogP contribution in [0.25, 0.3) is 0 Å². The molecule has 0 aliphatic carbocycles. The fourth-order valence-electron chi connectivity index (χ4n) is 1.77. The first kappa shape index (κ1) is 10.4. The lowest BCUT2D eigenvalue weighted by molar-refractivity contribution is 0.154. The van der Waals surface area contributed by atoms with Gasteiger partial charge in [-0.15, -0.1) is 0 Å². The molecule has 0 unspecified atom stereocenters. The molecule has 1 saturated heterocycles. The van der Waals surface area contributed by atoms with Gasteiger partial charge in [0.2, 0.25) is 0 Å². The highest BCUT2D eigenvalue weighted by Crippen LogP contribution is 2.23. The quantitative estimate of drug-likeness (QED) is 0.731. The van der Waals surface area contributed by atoms with E-state index in [9.17, 15) is 9.90 Å². The SMILES string of the molecule is O=c1[nH]ncc(N2CCC[C@@H](O)C2)c1Cl. The average Bonchev–Trinajstić information content (AvgIpc) is 2.22.